The number of aryl methyl sites for hydroxylation is 1. The standard InChI is InChI=1S/C14H10BrCl2NO/c1-8-2-4-10(12(17)6-8)14(19)18-13-7-9(15)3-5-11(13)16/h2-7H,1H3,(H,18,19). The molecule has 0 atom stereocenters. The molecule has 0 aliphatic carbocycles. The number of amides is 1. The first-order chi connectivity index (χ1) is 8.97. The van der Waals surface area contributed by atoms with Crippen LogP contribution in [-0.4, -0.2) is 5.91 Å². The Morgan fingerprint density at radius 1 is 1.11 bits per heavy atom. The predicted octanol–water partition coefficient (Wildman–Crippen LogP) is 5.32. The largest absolute Gasteiger partial charge is 0.321 e. The van der Waals surface area contributed by atoms with E-state index in [9.17, 15) is 4.79 Å². The highest BCUT2D eigenvalue weighted by Gasteiger charge is 2.12. The summed E-state index contributed by atoms with van der Waals surface area (Å²) in [6.45, 7) is 1.92. The molecule has 2 nitrogen and oxygen atoms in total. The first kappa shape index (κ1) is 14.4. The second kappa shape index (κ2) is 5.95. The van der Waals surface area contributed by atoms with Crippen LogP contribution in [0.1, 0.15) is 15.9 Å². The minimum absolute atomic E-state index is 0.287. The van der Waals surface area contributed by atoms with Crippen LogP contribution in [0.15, 0.2) is 40.9 Å². The minimum Gasteiger partial charge on any atom is -0.321 e. The second-order valence-electron chi connectivity index (χ2n) is 4.06. The van der Waals surface area contributed by atoms with Crippen molar-refractivity contribution in [1.82, 2.24) is 0 Å². The number of nitrogens with one attached hydrogen (secondary N) is 1. The Hall–Kier alpha value is -1.03. The summed E-state index contributed by atoms with van der Waals surface area (Å²) in [5, 5.41) is 3.63. The Kier molecular flexibility index (Phi) is 4.50. The lowest BCUT2D eigenvalue weighted by molar-refractivity contribution is 0.102. The summed E-state index contributed by atoms with van der Waals surface area (Å²) < 4.78 is 0.835. The van der Waals surface area contributed by atoms with E-state index in [1.165, 1.54) is 0 Å². The molecule has 0 radical (unpaired) electrons. The molecule has 0 spiro atoms. The number of rotatable bonds is 2. The summed E-state index contributed by atoms with van der Waals surface area (Å²) >= 11 is 15.4. The van der Waals surface area contributed by atoms with Gasteiger partial charge in [0, 0.05) is 4.47 Å². The van der Waals surface area contributed by atoms with Crippen molar-refractivity contribution in [3.05, 3.63) is 62.0 Å². The van der Waals surface area contributed by atoms with E-state index < -0.39 is 0 Å². The van der Waals surface area contributed by atoms with Crippen molar-refractivity contribution >= 4 is 50.7 Å². The van der Waals surface area contributed by atoms with E-state index in [-0.39, 0.29) is 5.91 Å². The van der Waals surface area contributed by atoms with Crippen molar-refractivity contribution in [3.63, 3.8) is 0 Å². The fraction of sp³-hybridized carbons (Fsp3) is 0.0714. The lowest BCUT2D eigenvalue weighted by Crippen LogP contribution is -2.12. The first-order valence-electron chi connectivity index (χ1n) is 5.50. The monoisotopic (exact) mass is 357 g/mol. The molecule has 0 heterocycles. The van der Waals surface area contributed by atoms with Gasteiger partial charge in [-0.1, -0.05) is 45.2 Å². The molecule has 0 aromatic heterocycles. The molecule has 0 fully saturated rings. The number of hydrogen-bond acceptors (Lipinski definition) is 1. The molecule has 1 N–H and O–H groups in total. The Morgan fingerprint density at radius 3 is 2.53 bits per heavy atom. The van der Waals surface area contributed by atoms with Gasteiger partial charge in [-0.15, -0.1) is 0 Å². The van der Waals surface area contributed by atoms with Gasteiger partial charge in [0.1, 0.15) is 0 Å². The molecule has 0 saturated carbocycles. The average Bonchev–Trinajstić information content (AvgIpc) is 2.33. The van der Waals surface area contributed by atoms with Crippen LogP contribution in [0.25, 0.3) is 0 Å². The van der Waals surface area contributed by atoms with E-state index in [0.29, 0.717) is 21.3 Å². The number of carbonyl (C=O) groups is 1. The fourth-order valence-electron chi connectivity index (χ4n) is 1.59. The molecule has 2 aromatic carbocycles. The summed E-state index contributed by atoms with van der Waals surface area (Å²) in [5.74, 6) is -0.287. The van der Waals surface area contributed by atoms with E-state index in [1.807, 2.05) is 13.0 Å². The van der Waals surface area contributed by atoms with Gasteiger partial charge in [0.15, 0.2) is 0 Å². The van der Waals surface area contributed by atoms with Crippen LogP contribution in [0.4, 0.5) is 5.69 Å². The molecule has 19 heavy (non-hydrogen) atoms. The van der Waals surface area contributed by atoms with Crippen LogP contribution in [0.2, 0.25) is 10.0 Å². The van der Waals surface area contributed by atoms with Gasteiger partial charge < -0.3 is 5.32 Å². The van der Waals surface area contributed by atoms with Crippen molar-refractivity contribution in [1.29, 1.82) is 0 Å². The second-order valence-corrected chi connectivity index (χ2v) is 5.79. The van der Waals surface area contributed by atoms with Gasteiger partial charge in [-0.25, -0.2) is 0 Å². The number of halogens is 3. The molecule has 2 rings (SSSR count). The van der Waals surface area contributed by atoms with E-state index in [1.54, 1.807) is 30.3 Å². The number of benzene rings is 2. The van der Waals surface area contributed by atoms with Crippen LogP contribution < -0.4 is 5.32 Å². The number of carbonyl (C=O) groups excluding carboxylic acids is 1. The topological polar surface area (TPSA) is 29.1 Å². The SMILES string of the molecule is Cc1ccc(C(=O)Nc2cc(Br)ccc2Cl)c(Cl)c1. The Balaban J connectivity index is 2.28. The van der Waals surface area contributed by atoms with Gasteiger partial charge in [0.2, 0.25) is 0 Å². The van der Waals surface area contributed by atoms with Crippen molar-refractivity contribution in [2.75, 3.05) is 5.32 Å². The van der Waals surface area contributed by atoms with E-state index in [4.69, 9.17) is 23.2 Å². The summed E-state index contributed by atoms with van der Waals surface area (Å²) in [5.41, 5.74) is 1.96. The summed E-state index contributed by atoms with van der Waals surface area (Å²) in [7, 11) is 0. The van der Waals surface area contributed by atoms with Gasteiger partial charge >= 0.3 is 0 Å². The Morgan fingerprint density at radius 2 is 1.84 bits per heavy atom. The van der Waals surface area contributed by atoms with E-state index in [2.05, 4.69) is 21.2 Å². The van der Waals surface area contributed by atoms with Gasteiger partial charge in [-0.05, 0) is 42.8 Å². The van der Waals surface area contributed by atoms with Gasteiger partial charge in [0.05, 0.1) is 21.3 Å². The highest BCUT2D eigenvalue weighted by Crippen LogP contribution is 2.27. The van der Waals surface area contributed by atoms with Crippen molar-refractivity contribution in [2.45, 2.75) is 6.92 Å². The molecule has 0 saturated heterocycles. The Bertz CT molecular complexity index is 643. The summed E-state index contributed by atoms with van der Waals surface area (Å²) in [6, 6.07) is 10.5. The van der Waals surface area contributed by atoms with Crippen molar-refractivity contribution in [2.24, 2.45) is 0 Å². The third-order valence-corrected chi connectivity index (χ3v) is 3.68. The summed E-state index contributed by atoms with van der Waals surface area (Å²) in [4.78, 5) is 12.1. The van der Waals surface area contributed by atoms with Crippen LogP contribution in [0.5, 0.6) is 0 Å². The highest BCUT2D eigenvalue weighted by molar-refractivity contribution is 9.10. The molecule has 2 aromatic rings. The van der Waals surface area contributed by atoms with Gasteiger partial charge in [-0.3, -0.25) is 4.79 Å². The number of anilines is 1. The zero-order chi connectivity index (χ0) is 14.0. The maximum absolute atomic E-state index is 12.1. The average molecular weight is 359 g/mol. The van der Waals surface area contributed by atoms with Crippen LogP contribution >= 0.6 is 39.1 Å². The maximum Gasteiger partial charge on any atom is 0.257 e. The molecule has 0 aliphatic heterocycles. The zero-order valence-electron chi connectivity index (χ0n) is 10.0. The van der Waals surface area contributed by atoms with E-state index in [0.717, 1.165) is 10.0 Å². The molecular formula is C14H10BrCl2NO. The first-order valence-corrected chi connectivity index (χ1v) is 7.05. The zero-order valence-corrected chi connectivity index (χ0v) is 13.1. The number of hydrogen-bond donors (Lipinski definition) is 1. The quantitative estimate of drug-likeness (QED) is 0.773. The van der Waals surface area contributed by atoms with Crippen LogP contribution in [-0.2, 0) is 0 Å². The van der Waals surface area contributed by atoms with Crippen LogP contribution in [0.3, 0.4) is 0 Å². The lowest BCUT2D eigenvalue weighted by atomic mass is 10.1. The maximum atomic E-state index is 12.1. The molecule has 98 valence electrons. The predicted molar refractivity (Wildman–Crippen MR) is 83.3 cm³/mol. The molecule has 0 aliphatic rings. The fourth-order valence-corrected chi connectivity index (χ4v) is 2.43. The molecule has 0 unspecified atom stereocenters. The minimum atomic E-state index is -0.287. The smallest absolute Gasteiger partial charge is 0.257 e. The third kappa shape index (κ3) is 3.50. The molecule has 1 amide bonds. The highest BCUT2D eigenvalue weighted by atomic mass is 79.9. The van der Waals surface area contributed by atoms with Crippen molar-refractivity contribution in [3.8, 4) is 0 Å². The van der Waals surface area contributed by atoms with Crippen molar-refractivity contribution < 1.29 is 4.79 Å². The third-order valence-electron chi connectivity index (χ3n) is 2.55. The van der Waals surface area contributed by atoms with Gasteiger partial charge in [0.25, 0.3) is 5.91 Å². The summed E-state index contributed by atoms with van der Waals surface area (Å²) in [6.07, 6.45) is 0. The lowest BCUT2D eigenvalue weighted by Gasteiger charge is -2.09. The van der Waals surface area contributed by atoms with E-state index >= 15 is 0 Å². The molecular weight excluding hydrogens is 349 g/mol. The van der Waals surface area contributed by atoms with Crippen LogP contribution in [0, 0.1) is 6.92 Å². The molecule has 5 heteroatoms. The normalized spacial score (nSPS) is 10.3. The molecule has 0 bridgehead atoms. The van der Waals surface area contributed by atoms with Gasteiger partial charge in [-0.2, -0.15) is 0 Å². The Labute approximate surface area is 129 Å².